The molecular weight excluding hydrogens is 256 g/mol. The minimum atomic E-state index is -0.113. The highest BCUT2D eigenvalue weighted by molar-refractivity contribution is 7.10. The first-order valence-electron chi connectivity index (χ1n) is 5.09. The highest BCUT2D eigenvalue weighted by Gasteiger charge is 2.17. The van der Waals surface area contributed by atoms with Crippen LogP contribution < -0.4 is 16.0 Å². The van der Waals surface area contributed by atoms with E-state index in [9.17, 15) is 0 Å². The molecule has 0 bridgehead atoms. The molecule has 90 valence electrons. The molecule has 2 rings (SSSR count). The van der Waals surface area contributed by atoms with Gasteiger partial charge in [0, 0.05) is 15.3 Å². The quantitative estimate of drug-likeness (QED) is 0.662. The van der Waals surface area contributed by atoms with Crippen LogP contribution in [0.4, 0.5) is 0 Å². The average molecular weight is 269 g/mol. The number of nitrogens with one attached hydrogen (secondary N) is 1. The summed E-state index contributed by atoms with van der Waals surface area (Å²) >= 11 is 7.75. The number of thiophene rings is 1. The summed E-state index contributed by atoms with van der Waals surface area (Å²) in [5.74, 6) is 6.44. The first kappa shape index (κ1) is 12.4. The van der Waals surface area contributed by atoms with Crippen molar-refractivity contribution in [3.05, 3.63) is 51.2 Å². The first-order valence-corrected chi connectivity index (χ1v) is 6.35. The van der Waals surface area contributed by atoms with Gasteiger partial charge in [-0.25, -0.2) is 5.43 Å². The van der Waals surface area contributed by atoms with Crippen LogP contribution in [0.25, 0.3) is 0 Å². The SMILES string of the molecule is COc1csc(C(NN)c2ccccc2Cl)c1. The van der Waals surface area contributed by atoms with Crippen LogP contribution >= 0.6 is 22.9 Å². The topological polar surface area (TPSA) is 47.3 Å². The molecule has 5 heteroatoms. The van der Waals surface area contributed by atoms with E-state index in [4.69, 9.17) is 22.2 Å². The molecular formula is C12H13ClN2OS. The number of benzene rings is 1. The number of halogens is 1. The molecule has 0 radical (unpaired) electrons. The fourth-order valence-electron chi connectivity index (χ4n) is 1.63. The number of hydrogen-bond donors (Lipinski definition) is 2. The maximum absolute atomic E-state index is 6.17. The van der Waals surface area contributed by atoms with Crippen molar-refractivity contribution in [1.82, 2.24) is 5.43 Å². The Morgan fingerprint density at radius 1 is 1.41 bits per heavy atom. The standard InChI is InChI=1S/C12H13ClN2OS/c1-16-8-6-11(17-7-8)12(15-14)9-4-2-3-5-10(9)13/h2-7,12,15H,14H2,1H3. The predicted molar refractivity (Wildman–Crippen MR) is 71.5 cm³/mol. The van der Waals surface area contributed by atoms with Gasteiger partial charge in [0.2, 0.25) is 0 Å². The molecule has 3 nitrogen and oxygen atoms in total. The molecule has 0 aliphatic carbocycles. The van der Waals surface area contributed by atoms with Gasteiger partial charge in [0.25, 0.3) is 0 Å². The van der Waals surface area contributed by atoms with Crippen LogP contribution in [0.1, 0.15) is 16.5 Å². The van der Waals surface area contributed by atoms with Gasteiger partial charge in [0.15, 0.2) is 0 Å². The molecule has 1 aromatic carbocycles. The van der Waals surface area contributed by atoms with Crippen LogP contribution in [0.5, 0.6) is 5.75 Å². The lowest BCUT2D eigenvalue weighted by molar-refractivity contribution is 0.416. The normalized spacial score (nSPS) is 12.4. The lowest BCUT2D eigenvalue weighted by Crippen LogP contribution is -2.28. The third kappa shape index (κ3) is 2.61. The van der Waals surface area contributed by atoms with Gasteiger partial charge in [0.1, 0.15) is 5.75 Å². The van der Waals surface area contributed by atoms with Crippen LogP contribution in [0.15, 0.2) is 35.7 Å². The molecule has 0 aliphatic heterocycles. The van der Waals surface area contributed by atoms with Gasteiger partial charge in [-0.15, -0.1) is 11.3 Å². The number of hydrogen-bond acceptors (Lipinski definition) is 4. The molecule has 1 heterocycles. The molecule has 0 fully saturated rings. The maximum atomic E-state index is 6.17. The highest BCUT2D eigenvalue weighted by atomic mass is 35.5. The average Bonchev–Trinajstić information content (AvgIpc) is 2.81. The number of hydrazine groups is 1. The van der Waals surface area contributed by atoms with Gasteiger partial charge in [-0.05, 0) is 17.7 Å². The van der Waals surface area contributed by atoms with E-state index in [2.05, 4.69) is 5.43 Å². The Morgan fingerprint density at radius 2 is 2.18 bits per heavy atom. The molecule has 17 heavy (non-hydrogen) atoms. The van der Waals surface area contributed by atoms with Crippen molar-refractivity contribution in [2.75, 3.05) is 7.11 Å². The molecule has 3 N–H and O–H groups in total. The van der Waals surface area contributed by atoms with Gasteiger partial charge < -0.3 is 4.74 Å². The van der Waals surface area contributed by atoms with Crippen LogP contribution in [-0.2, 0) is 0 Å². The van der Waals surface area contributed by atoms with Gasteiger partial charge in [-0.1, -0.05) is 29.8 Å². The largest absolute Gasteiger partial charge is 0.496 e. The van der Waals surface area contributed by atoms with Crippen molar-refractivity contribution >= 4 is 22.9 Å². The summed E-state index contributed by atoms with van der Waals surface area (Å²) in [5.41, 5.74) is 3.74. The summed E-state index contributed by atoms with van der Waals surface area (Å²) in [6.45, 7) is 0. The summed E-state index contributed by atoms with van der Waals surface area (Å²) < 4.78 is 5.16. The Balaban J connectivity index is 2.36. The van der Waals surface area contributed by atoms with Crippen LogP contribution in [0.3, 0.4) is 0 Å². The lowest BCUT2D eigenvalue weighted by Gasteiger charge is -2.15. The van der Waals surface area contributed by atoms with E-state index < -0.39 is 0 Å². The minimum Gasteiger partial charge on any atom is -0.496 e. The van der Waals surface area contributed by atoms with Gasteiger partial charge in [-0.2, -0.15) is 0 Å². The maximum Gasteiger partial charge on any atom is 0.129 e. The zero-order valence-corrected chi connectivity index (χ0v) is 10.9. The highest BCUT2D eigenvalue weighted by Crippen LogP contribution is 2.33. The van der Waals surface area contributed by atoms with Crippen LogP contribution in [-0.4, -0.2) is 7.11 Å². The van der Waals surface area contributed by atoms with Crippen molar-refractivity contribution < 1.29 is 4.74 Å². The smallest absolute Gasteiger partial charge is 0.129 e. The molecule has 0 saturated heterocycles. The van der Waals surface area contributed by atoms with Crippen LogP contribution in [0.2, 0.25) is 5.02 Å². The molecule has 0 saturated carbocycles. The first-order chi connectivity index (χ1) is 8.26. The monoisotopic (exact) mass is 268 g/mol. The van der Waals surface area contributed by atoms with E-state index in [0.29, 0.717) is 5.02 Å². The number of methoxy groups -OCH3 is 1. The zero-order chi connectivity index (χ0) is 12.3. The van der Waals surface area contributed by atoms with Crippen molar-refractivity contribution in [3.63, 3.8) is 0 Å². The Kier molecular flexibility index (Phi) is 4.02. The van der Waals surface area contributed by atoms with Crippen LogP contribution in [0, 0.1) is 0 Å². The fraction of sp³-hybridized carbons (Fsp3) is 0.167. The van der Waals surface area contributed by atoms with Gasteiger partial charge in [0.05, 0.1) is 13.2 Å². The molecule has 1 unspecified atom stereocenters. The molecule has 0 amide bonds. The number of ether oxygens (including phenoxy) is 1. The van der Waals surface area contributed by atoms with E-state index >= 15 is 0 Å². The number of rotatable bonds is 4. The summed E-state index contributed by atoms with van der Waals surface area (Å²) in [5, 5.41) is 2.64. The molecule has 2 aromatic rings. The minimum absolute atomic E-state index is 0.113. The van der Waals surface area contributed by atoms with Gasteiger partial charge >= 0.3 is 0 Å². The fourth-order valence-corrected chi connectivity index (χ4v) is 2.80. The Morgan fingerprint density at radius 3 is 2.76 bits per heavy atom. The van der Waals surface area contributed by atoms with Crippen molar-refractivity contribution in [3.8, 4) is 5.75 Å². The van der Waals surface area contributed by atoms with Crippen molar-refractivity contribution in [2.24, 2.45) is 5.84 Å². The van der Waals surface area contributed by atoms with E-state index in [1.54, 1.807) is 18.4 Å². The summed E-state index contributed by atoms with van der Waals surface area (Å²) in [7, 11) is 1.65. The second-order valence-corrected chi connectivity index (χ2v) is 4.86. The summed E-state index contributed by atoms with van der Waals surface area (Å²) in [4.78, 5) is 1.07. The Hall–Kier alpha value is -1.07. The molecule has 1 atom stereocenters. The summed E-state index contributed by atoms with van der Waals surface area (Å²) in [6.07, 6.45) is 0. The predicted octanol–water partition coefficient (Wildman–Crippen LogP) is 2.96. The van der Waals surface area contributed by atoms with E-state index in [1.165, 1.54) is 0 Å². The number of nitrogens with two attached hydrogens (primary N) is 1. The molecule has 0 aliphatic rings. The van der Waals surface area contributed by atoms with Crippen molar-refractivity contribution in [2.45, 2.75) is 6.04 Å². The third-order valence-electron chi connectivity index (χ3n) is 2.50. The molecule has 1 aromatic heterocycles. The Labute approximate surface area is 109 Å². The zero-order valence-electron chi connectivity index (χ0n) is 9.31. The van der Waals surface area contributed by atoms with E-state index in [-0.39, 0.29) is 6.04 Å². The second-order valence-electron chi connectivity index (χ2n) is 3.51. The van der Waals surface area contributed by atoms with Gasteiger partial charge in [-0.3, -0.25) is 5.84 Å². The third-order valence-corrected chi connectivity index (χ3v) is 3.82. The lowest BCUT2D eigenvalue weighted by atomic mass is 10.1. The molecule has 0 spiro atoms. The summed E-state index contributed by atoms with van der Waals surface area (Å²) in [6, 6.07) is 9.49. The second kappa shape index (κ2) is 5.51. The Bertz CT molecular complexity index is 501. The van der Waals surface area contributed by atoms with E-state index in [0.717, 1.165) is 16.2 Å². The van der Waals surface area contributed by atoms with E-state index in [1.807, 2.05) is 35.7 Å². The van der Waals surface area contributed by atoms with Crippen molar-refractivity contribution in [1.29, 1.82) is 0 Å².